The zero-order chi connectivity index (χ0) is 14.8. The Morgan fingerprint density at radius 2 is 2.00 bits per heavy atom. The second-order valence-electron chi connectivity index (χ2n) is 4.96. The molecule has 0 atom stereocenters. The molecule has 19 heavy (non-hydrogen) atoms. The molecule has 0 aliphatic heterocycles. The second kappa shape index (κ2) is 5.41. The minimum Gasteiger partial charge on any atom is -0.347 e. The fourth-order valence-electron chi connectivity index (χ4n) is 1.42. The number of nitro groups is 1. The highest BCUT2D eigenvalue weighted by molar-refractivity contribution is 6.34. The number of nitrogens with two attached hydrogens (primary N) is 1. The number of nitrogen functional groups attached to an aromatic ring is 1. The second-order valence-corrected chi connectivity index (χ2v) is 5.36. The fourth-order valence-corrected chi connectivity index (χ4v) is 1.69. The lowest BCUT2D eigenvalue weighted by molar-refractivity contribution is -0.384. The highest BCUT2D eigenvalue weighted by atomic mass is 35.5. The molecule has 7 nitrogen and oxygen atoms in total. The summed E-state index contributed by atoms with van der Waals surface area (Å²) in [7, 11) is 0. The van der Waals surface area contributed by atoms with Gasteiger partial charge >= 0.3 is 0 Å². The topological polar surface area (TPSA) is 110 Å². The first kappa shape index (κ1) is 15.2. The molecule has 0 aliphatic rings. The van der Waals surface area contributed by atoms with Gasteiger partial charge in [-0.25, -0.2) is 0 Å². The molecule has 0 heterocycles. The number of hydrogen-bond donors (Lipinski definition) is 3. The van der Waals surface area contributed by atoms with Crippen LogP contribution in [0.15, 0.2) is 12.1 Å². The number of carbonyl (C=O) groups is 1. The van der Waals surface area contributed by atoms with E-state index in [2.05, 4.69) is 10.7 Å². The highest BCUT2D eigenvalue weighted by Gasteiger charge is 2.22. The maximum absolute atomic E-state index is 11.9. The van der Waals surface area contributed by atoms with Gasteiger partial charge in [-0.1, -0.05) is 11.6 Å². The number of benzene rings is 1. The average molecular weight is 287 g/mol. The number of nitro benzene ring substituents is 1. The summed E-state index contributed by atoms with van der Waals surface area (Å²) in [5.41, 5.74) is 1.42. The van der Waals surface area contributed by atoms with Gasteiger partial charge in [0, 0.05) is 17.2 Å². The van der Waals surface area contributed by atoms with Gasteiger partial charge in [-0.05, 0) is 26.8 Å². The maximum Gasteiger partial charge on any atom is 0.295 e. The molecule has 0 radical (unpaired) electrons. The predicted molar refractivity (Wildman–Crippen MR) is 73.1 cm³/mol. The van der Waals surface area contributed by atoms with Crippen molar-refractivity contribution in [2.45, 2.75) is 26.3 Å². The SMILES string of the molecule is CC(C)(C)NC(=O)c1cc(Cl)c(NN)c([N+](=O)[O-])c1. The van der Waals surface area contributed by atoms with Gasteiger partial charge in [0.05, 0.1) is 9.95 Å². The third-order valence-corrected chi connectivity index (χ3v) is 2.46. The zero-order valence-electron chi connectivity index (χ0n) is 10.8. The van der Waals surface area contributed by atoms with Crippen LogP contribution in [0.1, 0.15) is 31.1 Å². The van der Waals surface area contributed by atoms with Crippen LogP contribution in [0.25, 0.3) is 0 Å². The average Bonchev–Trinajstić information content (AvgIpc) is 2.25. The molecule has 4 N–H and O–H groups in total. The Balaban J connectivity index is 3.25. The molecular formula is C11H15ClN4O3. The first-order valence-electron chi connectivity index (χ1n) is 5.43. The normalized spacial score (nSPS) is 11.0. The Kier molecular flexibility index (Phi) is 4.33. The molecule has 0 saturated heterocycles. The van der Waals surface area contributed by atoms with Gasteiger partial charge in [0.1, 0.15) is 5.69 Å². The summed E-state index contributed by atoms with van der Waals surface area (Å²) >= 11 is 5.87. The summed E-state index contributed by atoms with van der Waals surface area (Å²) in [5, 5.41) is 13.6. The summed E-state index contributed by atoms with van der Waals surface area (Å²) in [4.78, 5) is 22.2. The minimum absolute atomic E-state index is 0.00996. The molecule has 0 spiro atoms. The van der Waals surface area contributed by atoms with Gasteiger partial charge in [-0.3, -0.25) is 20.8 Å². The molecule has 0 fully saturated rings. The third-order valence-electron chi connectivity index (χ3n) is 2.16. The molecule has 0 bridgehead atoms. The van der Waals surface area contributed by atoms with E-state index in [1.54, 1.807) is 20.8 Å². The van der Waals surface area contributed by atoms with E-state index in [0.29, 0.717) is 0 Å². The van der Waals surface area contributed by atoms with Crippen molar-refractivity contribution in [1.29, 1.82) is 0 Å². The summed E-state index contributed by atoms with van der Waals surface area (Å²) in [6.45, 7) is 5.41. The van der Waals surface area contributed by atoms with Crippen molar-refractivity contribution in [1.82, 2.24) is 5.32 Å². The molecule has 1 rings (SSSR count). The van der Waals surface area contributed by atoms with Gasteiger partial charge in [-0.2, -0.15) is 0 Å². The lowest BCUT2D eigenvalue weighted by atomic mass is 10.1. The quantitative estimate of drug-likeness (QED) is 0.447. The van der Waals surface area contributed by atoms with E-state index in [1.807, 2.05) is 0 Å². The van der Waals surface area contributed by atoms with Gasteiger partial charge in [0.2, 0.25) is 0 Å². The summed E-state index contributed by atoms with van der Waals surface area (Å²) < 4.78 is 0. The number of carbonyl (C=O) groups excluding carboxylic acids is 1. The zero-order valence-corrected chi connectivity index (χ0v) is 11.5. The van der Waals surface area contributed by atoms with Gasteiger partial charge in [0.15, 0.2) is 0 Å². The molecular weight excluding hydrogens is 272 g/mol. The van der Waals surface area contributed by atoms with Crippen LogP contribution in [0.5, 0.6) is 0 Å². The van der Waals surface area contributed by atoms with E-state index < -0.39 is 16.4 Å². The predicted octanol–water partition coefficient (Wildman–Crippen LogP) is 2.06. The number of nitrogens with one attached hydrogen (secondary N) is 2. The Morgan fingerprint density at radius 3 is 2.42 bits per heavy atom. The van der Waals surface area contributed by atoms with Crippen LogP contribution in [-0.2, 0) is 0 Å². The van der Waals surface area contributed by atoms with Crippen molar-refractivity contribution >= 4 is 28.9 Å². The first-order valence-corrected chi connectivity index (χ1v) is 5.80. The molecule has 1 aromatic carbocycles. The Bertz CT molecular complexity index is 525. The van der Waals surface area contributed by atoms with Crippen LogP contribution in [-0.4, -0.2) is 16.4 Å². The Morgan fingerprint density at radius 1 is 1.42 bits per heavy atom. The maximum atomic E-state index is 11.9. The van der Waals surface area contributed by atoms with E-state index in [0.717, 1.165) is 6.07 Å². The van der Waals surface area contributed by atoms with Crippen molar-refractivity contribution in [2.75, 3.05) is 5.43 Å². The van der Waals surface area contributed by atoms with Crippen LogP contribution in [0.3, 0.4) is 0 Å². The van der Waals surface area contributed by atoms with E-state index in [9.17, 15) is 14.9 Å². The molecule has 0 unspecified atom stereocenters. The number of amides is 1. The van der Waals surface area contributed by atoms with Crippen LogP contribution in [0.2, 0.25) is 5.02 Å². The van der Waals surface area contributed by atoms with E-state index in [1.165, 1.54) is 6.07 Å². The van der Waals surface area contributed by atoms with Crippen molar-refractivity contribution in [2.24, 2.45) is 5.84 Å². The van der Waals surface area contributed by atoms with Gasteiger partial charge < -0.3 is 10.7 Å². The molecule has 0 saturated carbocycles. The number of rotatable bonds is 3. The van der Waals surface area contributed by atoms with Crippen LogP contribution >= 0.6 is 11.6 Å². The minimum atomic E-state index is -0.658. The van der Waals surface area contributed by atoms with Crippen molar-refractivity contribution < 1.29 is 9.72 Å². The lowest BCUT2D eigenvalue weighted by Gasteiger charge is -2.20. The summed E-state index contributed by atoms with van der Waals surface area (Å²) in [6, 6.07) is 2.45. The number of hydrogen-bond acceptors (Lipinski definition) is 5. The van der Waals surface area contributed by atoms with Crippen molar-refractivity contribution in [3.63, 3.8) is 0 Å². The summed E-state index contributed by atoms with van der Waals surface area (Å²) in [5.74, 6) is 4.73. The molecule has 1 amide bonds. The first-order chi connectivity index (χ1) is 8.65. The largest absolute Gasteiger partial charge is 0.347 e. The van der Waals surface area contributed by atoms with Crippen LogP contribution in [0, 0.1) is 10.1 Å². The third kappa shape index (κ3) is 3.80. The van der Waals surface area contributed by atoms with Gasteiger partial charge in [0.25, 0.3) is 11.6 Å². The van der Waals surface area contributed by atoms with E-state index in [-0.39, 0.29) is 22.0 Å². The Hall–Kier alpha value is -1.86. The smallest absolute Gasteiger partial charge is 0.295 e. The fraction of sp³-hybridized carbons (Fsp3) is 0.364. The summed E-state index contributed by atoms with van der Waals surface area (Å²) in [6.07, 6.45) is 0. The standard InChI is InChI=1S/C11H15ClN4O3/c1-11(2,3)14-10(17)6-4-7(12)9(15-13)8(5-6)16(18)19/h4-5,15H,13H2,1-3H3,(H,14,17). The molecule has 1 aromatic rings. The van der Waals surface area contributed by atoms with Gasteiger partial charge in [-0.15, -0.1) is 0 Å². The number of nitrogens with zero attached hydrogens (tertiary/aromatic N) is 1. The van der Waals surface area contributed by atoms with E-state index >= 15 is 0 Å². The van der Waals surface area contributed by atoms with Crippen LogP contribution < -0.4 is 16.6 Å². The van der Waals surface area contributed by atoms with Crippen molar-refractivity contribution in [3.05, 3.63) is 32.8 Å². The van der Waals surface area contributed by atoms with E-state index in [4.69, 9.17) is 17.4 Å². The molecule has 8 heteroatoms. The molecule has 104 valence electrons. The molecule has 0 aromatic heterocycles. The Labute approximate surface area is 115 Å². The number of anilines is 1. The highest BCUT2D eigenvalue weighted by Crippen LogP contribution is 2.33. The number of halogens is 1. The molecule has 0 aliphatic carbocycles. The van der Waals surface area contributed by atoms with Crippen LogP contribution in [0.4, 0.5) is 11.4 Å². The van der Waals surface area contributed by atoms with Crippen molar-refractivity contribution in [3.8, 4) is 0 Å². The number of hydrazine groups is 1. The monoisotopic (exact) mass is 286 g/mol. The lowest BCUT2D eigenvalue weighted by Crippen LogP contribution is -2.40.